The molecule has 0 aliphatic carbocycles. The molecule has 0 saturated carbocycles. The number of amides is 2. The second-order valence-corrected chi connectivity index (χ2v) is 9.70. The van der Waals surface area contributed by atoms with Crippen molar-refractivity contribution in [3.8, 4) is 0 Å². The van der Waals surface area contributed by atoms with E-state index in [0.29, 0.717) is 25.1 Å². The molecule has 0 atom stereocenters. The normalized spacial score (nSPS) is 13.7. The number of nitrogens with one attached hydrogen (secondary N) is 2. The summed E-state index contributed by atoms with van der Waals surface area (Å²) in [7, 11) is -3.73. The van der Waals surface area contributed by atoms with Gasteiger partial charge in [0, 0.05) is 37.3 Å². The quantitative estimate of drug-likeness (QED) is 0.527. The largest absolute Gasteiger partial charge is 0.350 e. The van der Waals surface area contributed by atoms with Crippen molar-refractivity contribution in [2.24, 2.45) is 0 Å². The molecule has 3 aromatic rings. The first-order chi connectivity index (χ1) is 15.9. The van der Waals surface area contributed by atoms with Gasteiger partial charge in [-0.05, 0) is 47.9 Å². The van der Waals surface area contributed by atoms with Gasteiger partial charge >= 0.3 is 0 Å². The number of fused-ring (bicyclic) bond motifs is 1. The van der Waals surface area contributed by atoms with Gasteiger partial charge in [-0.1, -0.05) is 48.5 Å². The Kier molecular flexibility index (Phi) is 6.86. The molecule has 4 rings (SSSR count). The van der Waals surface area contributed by atoms with Crippen molar-refractivity contribution < 1.29 is 18.0 Å². The third-order valence-electron chi connectivity index (χ3n) is 5.56. The van der Waals surface area contributed by atoms with Crippen LogP contribution in [0.3, 0.4) is 0 Å². The van der Waals surface area contributed by atoms with Crippen LogP contribution in [0.2, 0.25) is 0 Å². The van der Waals surface area contributed by atoms with Gasteiger partial charge in [0.15, 0.2) is 0 Å². The highest BCUT2D eigenvalue weighted by molar-refractivity contribution is 7.89. The lowest BCUT2D eigenvalue weighted by atomic mass is 10.0. The molecule has 2 amide bonds. The van der Waals surface area contributed by atoms with Crippen LogP contribution in [0, 0.1) is 0 Å². The lowest BCUT2D eigenvalue weighted by Gasteiger charge is -2.28. The number of hydrogen-bond acceptors (Lipinski definition) is 4. The summed E-state index contributed by atoms with van der Waals surface area (Å²) in [6.45, 7) is 1.19. The van der Waals surface area contributed by atoms with Gasteiger partial charge in [-0.15, -0.1) is 0 Å². The van der Waals surface area contributed by atoms with Gasteiger partial charge < -0.3 is 10.6 Å². The topological polar surface area (TPSA) is 95.6 Å². The van der Waals surface area contributed by atoms with Crippen LogP contribution < -0.4 is 10.6 Å². The van der Waals surface area contributed by atoms with Gasteiger partial charge in [0.25, 0.3) is 11.8 Å². The van der Waals surface area contributed by atoms with E-state index >= 15 is 0 Å². The maximum atomic E-state index is 13.2. The van der Waals surface area contributed by atoms with E-state index in [2.05, 4.69) is 10.6 Å². The molecule has 170 valence electrons. The van der Waals surface area contributed by atoms with Crippen LogP contribution >= 0.6 is 0 Å². The number of hydrogen-bond donors (Lipinski definition) is 2. The minimum atomic E-state index is -3.73. The number of sulfonamides is 1. The fourth-order valence-electron chi connectivity index (χ4n) is 3.77. The molecule has 7 nitrogen and oxygen atoms in total. The van der Waals surface area contributed by atoms with Gasteiger partial charge in [0.1, 0.15) is 0 Å². The number of benzene rings is 3. The van der Waals surface area contributed by atoms with E-state index in [0.717, 1.165) is 11.1 Å². The second kappa shape index (κ2) is 9.97. The smallest absolute Gasteiger partial charge is 0.251 e. The highest BCUT2D eigenvalue weighted by atomic mass is 32.2. The Morgan fingerprint density at radius 3 is 2.09 bits per heavy atom. The van der Waals surface area contributed by atoms with E-state index in [1.54, 1.807) is 36.4 Å². The molecule has 0 unspecified atom stereocenters. The molecule has 8 heteroatoms. The fourth-order valence-corrected chi connectivity index (χ4v) is 5.23. The predicted molar refractivity (Wildman–Crippen MR) is 125 cm³/mol. The molecule has 0 spiro atoms. The molecule has 1 aliphatic heterocycles. The van der Waals surface area contributed by atoms with Crippen molar-refractivity contribution in [1.29, 1.82) is 0 Å². The highest BCUT2D eigenvalue weighted by Gasteiger charge is 2.28. The zero-order valence-corrected chi connectivity index (χ0v) is 18.8. The van der Waals surface area contributed by atoms with Crippen LogP contribution in [0.4, 0.5) is 0 Å². The van der Waals surface area contributed by atoms with Crippen LogP contribution in [0.1, 0.15) is 31.8 Å². The maximum Gasteiger partial charge on any atom is 0.251 e. The first-order valence-electron chi connectivity index (χ1n) is 10.7. The Morgan fingerprint density at radius 1 is 0.758 bits per heavy atom. The standard InChI is InChI=1S/C25H25N3O4S/c29-24(20-8-2-1-3-9-20)26-14-15-27-25(30)21-11-6-12-23(17-21)33(31,32)28-16-13-19-7-4-5-10-22(19)18-28/h1-12,17H,13-16,18H2,(H,26,29)(H,27,30). The Labute approximate surface area is 193 Å². The minimum absolute atomic E-state index is 0.0897. The van der Waals surface area contributed by atoms with Crippen LogP contribution in [0.5, 0.6) is 0 Å². The molecule has 33 heavy (non-hydrogen) atoms. The summed E-state index contributed by atoms with van der Waals surface area (Å²) in [6.07, 6.45) is 0.657. The third kappa shape index (κ3) is 5.30. The zero-order valence-electron chi connectivity index (χ0n) is 18.0. The van der Waals surface area contributed by atoms with Crippen LogP contribution in [-0.2, 0) is 23.0 Å². The number of nitrogens with zero attached hydrogens (tertiary/aromatic N) is 1. The third-order valence-corrected chi connectivity index (χ3v) is 7.40. The predicted octanol–water partition coefficient (Wildman–Crippen LogP) is 2.59. The van der Waals surface area contributed by atoms with Crippen LogP contribution in [0.15, 0.2) is 83.8 Å². The maximum absolute atomic E-state index is 13.2. The zero-order chi connectivity index (χ0) is 23.3. The van der Waals surface area contributed by atoms with Gasteiger partial charge in [-0.25, -0.2) is 8.42 Å². The van der Waals surface area contributed by atoms with E-state index in [4.69, 9.17) is 0 Å². The Morgan fingerprint density at radius 2 is 1.36 bits per heavy atom. The van der Waals surface area contributed by atoms with Crippen molar-refractivity contribution in [1.82, 2.24) is 14.9 Å². The molecule has 0 radical (unpaired) electrons. The first-order valence-corrected chi connectivity index (χ1v) is 12.2. The summed E-state index contributed by atoms with van der Waals surface area (Å²) in [4.78, 5) is 24.7. The molecular weight excluding hydrogens is 438 g/mol. The fraction of sp³-hybridized carbons (Fsp3) is 0.200. The minimum Gasteiger partial charge on any atom is -0.350 e. The van der Waals surface area contributed by atoms with Gasteiger partial charge in [0.2, 0.25) is 10.0 Å². The van der Waals surface area contributed by atoms with E-state index in [1.807, 2.05) is 30.3 Å². The molecule has 0 fully saturated rings. The van der Waals surface area contributed by atoms with Crippen molar-refractivity contribution in [2.75, 3.05) is 19.6 Å². The molecule has 1 aliphatic rings. The number of rotatable bonds is 7. The molecule has 3 aromatic carbocycles. The number of carbonyl (C=O) groups is 2. The Balaban J connectivity index is 1.36. The average molecular weight is 464 g/mol. The van der Waals surface area contributed by atoms with E-state index in [9.17, 15) is 18.0 Å². The first kappa shape index (κ1) is 22.7. The summed E-state index contributed by atoms with van der Waals surface area (Å²) in [5.74, 6) is -0.619. The SMILES string of the molecule is O=C(NCCNC(=O)c1cccc(S(=O)(=O)N2CCc3ccccc3C2)c1)c1ccccc1. The summed E-state index contributed by atoms with van der Waals surface area (Å²) in [5.41, 5.74) is 2.96. The number of carbonyl (C=O) groups excluding carboxylic acids is 2. The average Bonchev–Trinajstić information content (AvgIpc) is 2.86. The monoisotopic (exact) mass is 463 g/mol. The summed E-state index contributed by atoms with van der Waals surface area (Å²) < 4.78 is 27.8. The highest BCUT2D eigenvalue weighted by Crippen LogP contribution is 2.25. The summed E-state index contributed by atoms with van der Waals surface area (Å²) in [6, 6.07) is 22.7. The molecule has 0 bridgehead atoms. The second-order valence-electron chi connectivity index (χ2n) is 7.76. The van der Waals surface area contributed by atoms with Crippen molar-refractivity contribution in [2.45, 2.75) is 17.9 Å². The van der Waals surface area contributed by atoms with Crippen molar-refractivity contribution in [3.63, 3.8) is 0 Å². The molecule has 0 saturated heterocycles. The van der Waals surface area contributed by atoms with Gasteiger partial charge in [-0.2, -0.15) is 4.31 Å². The van der Waals surface area contributed by atoms with E-state index in [-0.39, 0.29) is 29.5 Å². The molecular formula is C25H25N3O4S. The van der Waals surface area contributed by atoms with E-state index in [1.165, 1.54) is 16.4 Å². The Bertz CT molecular complexity index is 1260. The van der Waals surface area contributed by atoms with Gasteiger partial charge in [0.05, 0.1) is 4.90 Å². The summed E-state index contributed by atoms with van der Waals surface area (Å²) >= 11 is 0. The summed E-state index contributed by atoms with van der Waals surface area (Å²) in [5, 5.41) is 5.45. The molecule has 0 aromatic heterocycles. The van der Waals surface area contributed by atoms with Crippen molar-refractivity contribution >= 4 is 21.8 Å². The van der Waals surface area contributed by atoms with Crippen LogP contribution in [0.25, 0.3) is 0 Å². The van der Waals surface area contributed by atoms with Crippen LogP contribution in [-0.4, -0.2) is 44.2 Å². The van der Waals surface area contributed by atoms with Gasteiger partial charge in [-0.3, -0.25) is 9.59 Å². The molecule has 2 N–H and O–H groups in total. The van der Waals surface area contributed by atoms with E-state index < -0.39 is 15.9 Å². The lowest BCUT2D eigenvalue weighted by molar-refractivity contribution is 0.0927. The lowest BCUT2D eigenvalue weighted by Crippen LogP contribution is -2.36. The molecule has 1 heterocycles. The van der Waals surface area contributed by atoms with Crippen molar-refractivity contribution in [3.05, 3.63) is 101 Å². The Hall–Kier alpha value is -3.49.